The van der Waals surface area contributed by atoms with Crippen LogP contribution in [0.4, 0.5) is 0 Å². The Morgan fingerprint density at radius 3 is 2.89 bits per heavy atom. The zero-order valence-electron chi connectivity index (χ0n) is 5.67. The fourth-order valence-electron chi connectivity index (χ4n) is 0.390. The predicted octanol–water partition coefficient (Wildman–Crippen LogP) is -0.571. The zero-order valence-corrected chi connectivity index (χ0v) is 5.67. The third-order valence-electron chi connectivity index (χ3n) is 0.785. The molecular weight excluding hydrogens is 116 g/mol. The Balaban J connectivity index is 2.99. The molecule has 0 rings (SSSR count). The Labute approximate surface area is 55.6 Å². The van der Waals surface area contributed by atoms with Crippen molar-refractivity contribution >= 4 is 0 Å². The van der Waals surface area contributed by atoms with Crippen molar-refractivity contribution in [2.75, 3.05) is 13.1 Å². The topological polar surface area (TPSA) is 58.3 Å². The van der Waals surface area contributed by atoms with E-state index < -0.39 is 0 Å². The van der Waals surface area contributed by atoms with E-state index in [1.54, 1.807) is 19.2 Å². The molecule has 0 aliphatic rings. The number of aliphatic hydroxyl groups is 1. The van der Waals surface area contributed by atoms with Gasteiger partial charge in [-0.2, -0.15) is 0 Å². The maximum Gasteiger partial charge on any atom is 0.0684 e. The first-order valence-corrected chi connectivity index (χ1v) is 3.04. The minimum Gasteiger partial charge on any atom is -0.392 e. The lowest BCUT2D eigenvalue weighted by molar-refractivity contribution is 0.196. The third kappa shape index (κ3) is 7.46. The van der Waals surface area contributed by atoms with E-state index in [4.69, 9.17) is 10.8 Å². The van der Waals surface area contributed by atoms with Crippen molar-refractivity contribution in [1.29, 1.82) is 0 Å². The van der Waals surface area contributed by atoms with Crippen LogP contribution in [0.2, 0.25) is 0 Å². The average molecular weight is 130 g/mol. The molecule has 0 aromatic carbocycles. The van der Waals surface area contributed by atoms with E-state index in [0.717, 1.165) is 0 Å². The maximum absolute atomic E-state index is 8.72. The van der Waals surface area contributed by atoms with Crippen molar-refractivity contribution in [3.8, 4) is 0 Å². The SMILES string of the molecule is CC(O)CN/C=C/CN. The number of hydrogen-bond donors (Lipinski definition) is 3. The number of nitrogens with one attached hydrogen (secondary N) is 1. The fraction of sp³-hybridized carbons (Fsp3) is 0.667. The summed E-state index contributed by atoms with van der Waals surface area (Å²) in [5.41, 5.74) is 5.16. The Morgan fingerprint density at radius 2 is 2.44 bits per heavy atom. The highest BCUT2D eigenvalue weighted by molar-refractivity contribution is 4.80. The molecule has 0 saturated carbocycles. The van der Waals surface area contributed by atoms with Gasteiger partial charge in [0.15, 0.2) is 0 Å². The molecule has 4 N–H and O–H groups in total. The van der Waals surface area contributed by atoms with Crippen LogP contribution in [0.3, 0.4) is 0 Å². The molecule has 3 heteroatoms. The van der Waals surface area contributed by atoms with E-state index in [9.17, 15) is 0 Å². The van der Waals surface area contributed by atoms with Gasteiger partial charge in [0.1, 0.15) is 0 Å². The Bertz CT molecular complexity index is 81.1. The van der Waals surface area contributed by atoms with Gasteiger partial charge in [0.25, 0.3) is 0 Å². The lowest BCUT2D eigenvalue weighted by atomic mass is 10.4. The van der Waals surface area contributed by atoms with Crippen LogP contribution < -0.4 is 11.1 Å². The van der Waals surface area contributed by atoms with E-state index in [1.807, 2.05) is 0 Å². The molecule has 3 nitrogen and oxygen atoms in total. The smallest absolute Gasteiger partial charge is 0.0684 e. The van der Waals surface area contributed by atoms with E-state index in [1.165, 1.54) is 0 Å². The Hall–Kier alpha value is -0.540. The van der Waals surface area contributed by atoms with Gasteiger partial charge in [-0.25, -0.2) is 0 Å². The number of rotatable bonds is 4. The standard InChI is InChI=1S/C6H14N2O/c1-6(9)5-8-4-2-3-7/h2,4,6,8-9H,3,5,7H2,1H3/b4-2+. The summed E-state index contributed by atoms with van der Waals surface area (Å²) in [6.07, 6.45) is 3.24. The van der Waals surface area contributed by atoms with Crippen LogP contribution in [0.5, 0.6) is 0 Å². The summed E-state index contributed by atoms with van der Waals surface area (Å²) in [4.78, 5) is 0. The van der Waals surface area contributed by atoms with Gasteiger partial charge < -0.3 is 16.2 Å². The van der Waals surface area contributed by atoms with Crippen LogP contribution >= 0.6 is 0 Å². The van der Waals surface area contributed by atoms with Crippen molar-refractivity contribution < 1.29 is 5.11 Å². The summed E-state index contributed by atoms with van der Waals surface area (Å²) in [7, 11) is 0. The zero-order chi connectivity index (χ0) is 7.11. The van der Waals surface area contributed by atoms with Gasteiger partial charge in [-0.1, -0.05) is 6.08 Å². The molecule has 0 aliphatic carbocycles. The van der Waals surface area contributed by atoms with Crippen LogP contribution in [0.25, 0.3) is 0 Å². The first kappa shape index (κ1) is 8.46. The number of nitrogens with two attached hydrogens (primary N) is 1. The molecule has 0 bridgehead atoms. The first-order chi connectivity index (χ1) is 4.27. The summed E-state index contributed by atoms with van der Waals surface area (Å²) in [6.45, 7) is 2.84. The Kier molecular flexibility index (Phi) is 5.26. The van der Waals surface area contributed by atoms with Gasteiger partial charge >= 0.3 is 0 Å². The van der Waals surface area contributed by atoms with Crippen molar-refractivity contribution in [2.24, 2.45) is 5.73 Å². The van der Waals surface area contributed by atoms with E-state index >= 15 is 0 Å². The van der Waals surface area contributed by atoms with Crippen molar-refractivity contribution in [2.45, 2.75) is 13.0 Å². The normalized spacial score (nSPS) is 14.1. The molecular formula is C6H14N2O. The van der Waals surface area contributed by atoms with Crippen molar-refractivity contribution in [1.82, 2.24) is 5.32 Å². The molecule has 1 atom stereocenters. The molecule has 0 amide bonds. The van der Waals surface area contributed by atoms with Crippen LogP contribution in [-0.4, -0.2) is 24.3 Å². The average Bonchev–Trinajstić information content (AvgIpc) is 1.80. The van der Waals surface area contributed by atoms with Crippen molar-refractivity contribution in [3.63, 3.8) is 0 Å². The predicted molar refractivity (Wildman–Crippen MR) is 37.9 cm³/mol. The molecule has 1 unspecified atom stereocenters. The molecule has 0 radical (unpaired) electrons. The molecule has 9 heavy (non-hydrogen) atoms. The molecule has 0 heterocycles. The second-order valence-electron chi connectivity index (χ2n) is 1.90. The molecule has 0 aliphatic heterocycles. The lowest BCUT2D eigenvalue weighted by Crippen LogP contribution is -2.19. The van der Waals surface area contributed by atoms with Gasteiger partial charge in [0.05, 0.1) is 6.10 Å². The summed E-state index contributed by atoms with van der Waals surface area (Å²) in [6, 6.07) is 0. The van der Waals surface area contributed by atoms with E-state index in [2.05, 4.69) is 5.32 Å². The molecule has 0 aromatic heterocycles. The van der Waals surface area contributed by atoms with Crippen LogP contribution in [0, 0.1) is 0 Å². The highest BCUT2D eigenvalue weighted by Crippen LogP contribution is 1.73. The van der Waals surface area contributed by atoms with Crippen LogP contribution in [0.1, 0.15) is 6.92 Å². The largest absolute Gasteiger partial charge is 0.392 e. The molecule has 0 fully saturated rings. The summed E-state index contributed by atoms with van der Waals surface area (Å²) < 4.78 is 0. The number of aliphatic hydroxyl groups excluding tert-OH is 1. The summed E-state index contributed by atoms with van der Waals surface area (Å²) in [5, 5.41) is 11.6. The summed E-state index contributed by atoms with van der Waals surface area (Å²) >= 11 is 0. The van der Waals surface area contributed by atoms with Gasteiger partial charge in [-0.3, -0.25) is 0 Å². The maximum atomic E-state index is 8.72. The molecule has 0 aromatic rings. The van der Waals surface area contributed by atoms with Gasteiger partial charge in [-0.05, 0) is 13.1 Å². The third-order valence-corrected chi connectivity index (χ3v) is 0.785. The summed E-state index contributed by atoms with van der Waals surface area (Å²) in [5.74, 6) is 0. The number of hydrogen-bond acceptors (Lipinski definition) is 3. The quantitative estimate of drug-likeness (QED) is 0.477. The van der Waals surface area contributed by atoms with Gasteiger partial charge in [-0.15, -0.1) is 0 Å². The van der Waals surface area contributed by atoms with Crippen LogP contribution in [-0.2, 0) is 0 Å². The second kappa shape index (κ2) is 5.59. The monoisotopic (exact) mass is 130 g/mol. The lowest BCUT2D eigenvalue weighted by Gasteiger charge is -2.01. The minimum atomic E-state index is -0.299. The molecule has 54 valence electrons. The van der Waals surface area contributed by atoms with Crippen molar-refractivity contribution in [3.05, 3.63) is 12.3 Å². The van der Waals surface area contributed by atoms with E-state index in [-0.39, 0.29) is 6.10 Å². The fourth-order valence-corrected chi connectivity index (χ4v) is 0.390. The van der Waals surface area contributed by atoms with Gasteiger partial charge in [0.2, 0.25) is 0 Å². The molecule has 0 saturated heterocycles. The first-order valence-electron chi connectivity index (χ1n) is 3.04. The second-order valence-corrected chi connectivity index (χ2v) is 1.90. The van der Waals surface area contributed by atoms with Gasteiger partial charge in [0, 0.05) is 13.1 Å². The van der Waals surface area contributed by atoms with Crippen LogP contribution in [0.15, 0.2) is 12.3 Å². The highest BCUT2D eigenvalue weighted by atomic mass is 16.3. The minimum absolute atomic E-state index is 0.299. The highest BCUT2D eigenvalue weighted by Gasteiger charge is 1.87. The molecule has 0 spiro atoms. The van der Waals surface area contributed by atoms with E-state index in [0.29, 0.717) is 13.1 Å². The Morgan fingerprint density at radius 1 is 1.78 bits per heavy atom.